The Morgan fingerprint density at radius 1 is 1.10 bits per heavy atom. The minimum atomic E-state index is -0.378. The Kier molecular flexibility index (Phi) is 5.29. The van der Waals surface area contributed by atoms with E-state index in [1.165, 1.54) is 29.2 Å². The van der Waals surface area contributed by atoms with Crippen LogP contribution in [0.1, 0.15) is 22.5 Å². The highest BCUT2D eigenvalue weighted by Gasteiger charge is 2.26. The molecule has 4 rings (SSSR count). The minimum absolute atomic E-state index is 0.0872. The van der Waals surface area contributed by atoms with Crippen LogP contribution in [0.5, 0.6) is 0 Å². The second-order valence-electron chi connectivity index (χ2n) is 6.81. The Balaban J connectivity index is 1.49. The molecule has 2 heterocycles. The number of aryl methyl sites for hydroxylation is 1. The van der Waals surface area contributed by atoms with E-state index in [9.17, 15) is 14.0 Å². The van der Waals surface area contributed by atoms with Gasteiger partial charge in [-0.05, 0) is 37.1 Å². The van der Waals surface area contributed by atoms with Crippen molar-refractivity contribution < 1.29 is 14.0 Å². The number of anilines is 1. The molecule has 146 valence electrons. The van der Waals surface area contributed by atoms with Gasteiger partial charge >= 0.3 is 0 Å². The molecule has 0 saturated carbocycles. The minimum Gasteiger partial charge on any atom is -0.329 e. The fraction of sp³-hybridized carbons (Fsp3) is 0.182. The number of carbonyl (C=O) groups excluding carboxylic acids is 2. The van der Waals surface area contributed by atoms with Crippen molar-refractivity contribution in [1.29, 1.82) is 0 Å². The highest BCUT2D eigenvalue weighted by atomic mass is 19.1. The number of hydrogen-bond donors (Lipinski definition) is 1. The number of amides is 2. The van der Waals surface area contributed by atoms with Crippen LogP contribution >= 0.6 is 0 Å². The topological polar surface area (TPSA) is 75.2 Å². The Labute approximate surface area is 167 Å². The second kappa shape index (κ2) is 8.18. The Morgan fingerprint density at radius 3 is 2.62 bits per heavy atom. The average molecular weight is 390 g/mol. The van der Waals surface area contributed by atoms with Gasteiger partial charge in [0.2, 0.25) is 5.91 Å². The van der Waals surface area contributed by atoms with Gasteiger partial charge in [0.05, 0.1) is 11.3 Å². The zero-order valence-corrected chi connectivity index (χ0v) is 15.6. The van der Waals surface area contributed by atoms with Crippen molar-refractivity contribution in [3.05, 3.63) is 77.9 Å². The summed E-state index contributed by atoms with van der Waals surface area (Å²) in [5.74, 6) is -0.390. The molecule has 0 aliphatic carbocycles. The summed E-state index contributed by atoms with van der Waals surface area (Å²) >= 11 is 0. The van der Waals surface area contributed by atoms with E-state index in [-0.39, 0.29) is 24.2 Å². The second-order valence-corrected chi connectivity index (χ2v) is 6.81. The molecular weight excluding hydrogens is 371 g/mol. The van der Waals surface area contributed by atoms with Gasteiger partial charge in [0.25, 0.3) is 5.91 Å². The summed E-state index contributed by atoms with van der Waals surface area (Å²) in [6.07, 6.45) is 2.89. The summed E-state index contributed by atoms with van der Waals surface area (Å²) in [6.45, 7) is 0.364. The van der Waals surface area contributed by atoms with Crippen LogP contribution in [0.4, 0.5) is 10.1 Å². The monoisotopic (exact) mass is 390 g/mol. The van der Waals surface area contributed by atoms with Crippen LogP contribution in [0.15, 0.2) is 60.8 Å². The third-order valence-corrected chi connectivity index (χ3v) is 4.72. The van der Waals surface area contributed by atoms with Crippen LogP contribution in [0.3, 0.4) is 0 Å². The number of nitrogens with one attached hydrogen (secondary N) is 1. The fourth-order valence-electron chi connectivity index (χ4n) is 3.28. The highest BCUT2D eigenvalue weighted by molar-refractivity contribution is 6.00. The summed E-state index contributed by atoms with van der Waals surface area (Å²) in [5, 5.41) is 2.68. The number of halogens is 1. The van der Waals surface area contributed by atoms with Crippen molar-refractivity contribution in [2.24, 2.45) is 0 Å². The van der Waals surface area contributed by atoms with Gasteiger partial charge in [0, 0.05) is 24.0 Å². The summed E-state index contributed by atoms with van der Waals surface area (Å²) < 4.78 is 13.0. The first-order valence-electron chi connectivity index (χ1n) is 9.36. The molecule has 0 radical (unpaired) electrons. The first kappa shape index (κ1) is 18.7. The first-order chi connectivity index (χ1) is 14.1. The number of carbonyl (C=O) groups is 2. The van der Waals surface area contributed by atoms with Crippen LogP contribution in [0.2, 0.25) is 0 Å². The van der Waals surface area contributed by atoms with Crippen molar-refractivity contribution in [2.45, 2.75) is 12.8 Å². The van der Waals surface area contributed by atoms with Gasteiger partial charge in [-0.3, -0.25) is 9.59 Å². The molecule has 3 aromatic rings. The molecule has 2 aromatic carbocycles. The van der Waals surface area contributed by atoms with Crippen LogP contribution in [0, 0.1) is 5.82 Å². The van der Waals surface area contributed by atoms with Crippen molar-refractivity contribution in [3.63, 3.8) is 0 Å². The van der Waals surface area contributed by atoms with Crippen molar-refractivity contribution in [2.75, 3.05) is 18.4 Å². The SMILES string of the molecule is O=C(CN1CCCc2nc(-c3ccccc3)ncc2C1=O)Nc1ccc(F)cc1. The van der Waals surface area contributed by atoms with Crippen molar-refractivity contribution in [1.82, 2.24) is 14.9 Å². The van der Waals surface area contributed by atoms with E-state index in [0.29, 0.717) is 42.2 Å². The van der Waals surface area contributed by atoms with Gasteiger partial charge in [0.15, 0.2) is 5.82 Å². The van der Waals surface area contributed by atoms with Gasteiger partial charge in [-0.15, -0.1) is 0 Å². The smallest absolute Gasteiger partial charge is 0.257 e. The molecule has 0 saturated heterocycles. The third kappa shape index (κ3) is 4.29. The number of hydrogen-bond acceptors (Lipinski definition) is 4. The molecular formula is C22H19FN4O2. The van der Waals surface area contributed by atoms with Crippen LogP contribution in [0.25, 0.3) is 11.4 Å². The lowest BCUT2D eigenvalue weighted by Gasteiger charge is -2.20. The molecule has 0 bridgehead atoms. The molecule has 1 aromatic heterocycles. The van der Waals surface area contributed by atoms with Gasteiger partial charge in [-0.25, -0.2) is 14.4 Å². The van der Waals surface area contributed by atoms with Gasteiger partial charge < -0.3 is 10.2 Å². The van der Waals surface area contributed by atoms with E-state index in [4.69, 9.17) is 0 Å². The highest BCUT2D eigenvalue weighted by Crippen LogP contribution is 2.21. The maximum atomic E-state index is 13.0. The molecule has 0 spiro atoms. The van der Waals surface area contributed by atoms with E-state index in [1.807, 2.05) is 30.3 Å². The van der Waals surface area contributed by atoms with Gasteiger partial charge in [-0.2, -0.15) is 0 Å². The standard InChI is InChI=1S/C22H19FN4O2/c23-16-8-10-17(11-9-16)25-20(28)14-27-12-4-7-19-18(22(27)29)13-24-21(26-19)15-5-2-1-3-6-15/h1-3,5-6,8-11,13H,4,7,12,14H2,(H,25,28). The van der Waals surface area contributed by atoms with E-state index in [2.05, 4.69) is 15.3 Å². The summed E-state index contributed by atoms with van der Waals surface area (Å²) in [7, 11) is 0. The molecule has 2 amide bonds. The van der Waals surface area contributed by atoms with E-state index in [0.717, 1.165) is 5.56 Å². The van der Waals surface area contributed by atoms with Crippen LogP contribution in [-0.2, 0) is 11.2 Å². The lowest BCUT2D eigenvalue weighted by molar-refractivity contribution is -0.116. The van der Waals surface area contributed by atoms with Crippen LogP contribution in [-0.4, -0.2) is 39.8 Å². The maximum Gasteiger partial charge on any atom is 0.257 e. The molecule has 1 N–H and O–H groups in total. The van der Waals surface area contributed by atoms with Crippen molar-refractivity contribution in [3.8, 4) is 11.4 Å². The Hall–Kier alpha value is -3.61. The molecule has 0 fully saturated rings. The summed E-state index contributed by atoms with van der Waals surface area (Å²) in [4.78, 5) is 35.7. The number of rotatable bonds is 4. The third-order valence-electron chi connectivity index (χ3n) is 4.72. The molecule has 7 heteroatoms. The maximum absolute atomic E-state index is 13.0. The van der Waals surface area contributed by atoms with Crippen molar-refractivity contribution >= 4 is 17.5 Å². The van der Waals surface area contributed by atoms with E-state index < -0.39 is 0 Å². The van der Waals surface area contributed by atoms with E-state index >= 15 is 0 Å². The zero-order valence-electron chi connectivity index (χ0n) is 15.6. The normalized spacial score (nSPS) is 13.6. The van der Waals surface area contributed by atoms with E-state index in [1.54, 1.807) is 6.20 Å². The first-order valence-corrected chi connectivity index (χ1v) is 9.36. The number of benzene rings is 2. The lowest BCUT2D eigenvalue weighted by Crippen LogP contribution is -2.38. The fourth-order valence-corrected chi connectivity index (χ4v) is 3.28. The predicted octanol–water partition coefficient (Wildman–Crippen LogP) is 3.31. The number of nitrogens with zero attached hydrogens (tertiary/aromatic N) is 3. The molecule has 6 nitrogen and oxygen atoms in total. The Morgan fingerprint density at radius 2 is 1.86 bits per heavy atom. The van der Waals surface area contributed by atoms with Crippen LogP contribution < -0.4 is 5.32 Å². The average Bonchev–Trinajstić information content (AvgIpc) is 2.89. The number of fused-ring (bicyclic) bond motifs is 1. The van der Waals surface area contributed by atoms with Gasteiger partial charge in [0.1, 0.15) is 12.4 Å². The predicted molar refractivity (Wildman–Crippen MR) is 107 cm³/mol. The Bertz CT molecular complexity index is 1040. The molecule has 29 heavy (non-hydrogen) atoms. The summed E-state index contributed by atoms with van der Waals surface area (Å²) in [6, 6.07) is 15.1. The molecule has 1 aliphatic rings. The largest absolute Gasteiger partial charge is 0.329 e. The lowest BCUT2D eigenvalue weighted by atomic mass is 10.1. The molecule has 1 aliphatic heterocycles. The molecule has 0 unspecified atom stereocenters. The zero-order chi connectivity index (χ0) is 20.2. The summed E-state index contributed by atoms with van der Waals surface area (Å²) in [5.41, 5.74) is 2.50. The van der Waals surface area contributed by atoms with Gasteiger partial charge in [-0.1, -0.05) is 30.3 Å². The number of aromatic nitrogens is 2. The quantitative estimate of drug-likeness (QED) is 0.742. The molecule has 0 atom stereocenters.